The minimum Gasteiger partial charge on any atom is -0.468 e. The number of methoxy groups -OCH3 is 1. The van der Waals surface area contributed by atoms with Crippen LogP contribution >= 0.6 is 11.3 Å². The van der Waals surface area contributed by atoms with E-state index in [2.05, 4.69) is 19.2 Å². The Labute approximate surface area is 243 Å². The Hall–Kier alpha value is -3.37. The molecule has 4 heterocycles. The molecule has 4 aliphatic rings. The molecule has 41 heavy (non-hydrogen) atoms. The van der Waals surface area contributed by atoms with Crippen LogP contribution < -0.4 is 14.8 Å². The molecule has 0 spiro atoms. The third-order valence-corrected chi connectivity index (χ3v) is 9.43. The van der Waals surface area contributed by atoms with Crippen LogP contribution in [0.25, 0.3) is 0 Å². The molecule has 0 unspecified atom stereocenters. The number of carbonyl (C=O) groups excluding carboxylic acids is 3. The first kappa shape index (κ1) is 27.8. The van der Waals surface area contributed by atoms with Gasteiger partial charge in [0.15, 0.2) is 11.5 Å². The predicted molar refractivity (Wildman–Crippen MR) is 151 cm³/mol. The molecule has 0 bridgehead atoms. The van der Waals surface area contributed by atoms with Gasteiger partial charge in [-0.15, -0.1) is 11.3 Å². The van der Waals surface area contributed by atoms with Gasteiger partial charge in [-0.3, -0.25) is 14.4 Å². The van der Waals surface area contributed by atoms with Crippen molar-refractivity contribution >= 4 is 29.1 Å². The fourth-order valence-electron chi connectivity index (χ4n) is 6.33. The van der Waals surface area contributed by atoms with Crippen LogP contribution in [0.15, 0.2) is 47.5 Å². The molecule has 6 rings (SSSR count). The summed E-state index contributed by atoms with van der Waals surface area (Å²) in [6.07, 6.45) is 3.28. The normalized spacial score (nSPS) is 26.9. The average molecular weight is 581 g/mol. The molecule has 218 valence electrons. The minimum atomic E-state index is -1.19. The number of likely N-dealkylation sites (tertiary alicyclic amines) is 1. The van der Waals surface area contributed by atoms with E-state index in [9.17, 15) is 14.4 Å². The largest absolute Gasteiger partial charge is 0.468 e. The Morgan fingerprint density at radius 2 is 2.00 bits per heavy atom. The fraction of sp³-hybridized carbons (Fsp3) is 0.516. The highest BCUT2D eigenvalue weighted by Crippen LogP contribution is 2.57. The molecule has 1 N–H and O–H groups in total. The molecule has 2 aromatic rings. The van der Waals surface area contributed by atoms with Gasteiger partial charge in [-0.05, 0) is 66.3 Å². The van der Waals surface area contributed by atoms with Gasteiger partial charge in [-0.1, -0.05) is 26.0 Å². The monoisotopic (exact) mass is 580 g/mol. The molecule has 1 saturated heterocycles. The van der Waals surface area contributed by atoms with E-state index in [4.69, 9.17) is 18.9 Å². The van der Waals surface area contributed by atoms with Crippen molar-refractivity contribution < 1.29 is 33.3 Å². The summed E-state index contributed by atoms with van der Waals surface area (Å²) in [7, 11) is 1.38. The number of hydrogen-bond donors (Lipinski definition) is 1. The van der Waals surface area contributed by atoms with E-state index in [0.717, 1.165) is 23.3 Å². The minimum absolute atomic E-state index is 0.0289. The van der Waals surface area contributed by atoms with Gasteiger partial charge in [0, 0.05) is 22.9 Å². The second-order valence-corrected chi connectivity index (χ2v) is 12.7. The van der Waals surface area contributed by atoms with Gasteiger partial charge >= 0.3 is 5.97 Å². The van der Waals surface area contributed by atoms with E-state index in [1.54, 1.807) is 16.2 Å². The SMILES string of the molecule is COC(=O)[C@]12C[C@H](CC(=O)NCc3cccs3)C(=O)N(Cc3ccc4c(c3)OCO4)C1=C[C@H](C(C)C)O[C@@H]2C1CC1. The summed E-state index contributed by atoms with van der Waals surface area (Å²) in [6.45, 7) is 4.91. The zero-order chi connectivity index (χ0) is 28.7. The van der Waals surface area contributed by atoms with Crippen LogP contribution in [0.1, 0.15) is 50.0 Å². The molecule has 2 fully saturated rings. The zero-order valence-corrected chi connectivity index (χ0v) is 24.4. The molecule has 1 aromatic heterocycles. The Kier molecular flexibility index (Phi) is 7.54. The van der Waals surface area contributed by atoms with E-state index < -0.39 is 23.4 Å². The van der Waals surface area contributed by atoms with Gasteiger partial charge in [0.25, 0.3) is 0 Å². The molecular weight excluding hydrogens is 544 g/mol. The van der Waals surface area contributed by atoms with Crippen molar-refractivity contribution in [2.75, 3.05) is 13.9 Å². The highest BCUT2D eigenvalue weighted by atomic mass is 32.1. The van der Waals surface area contributed by atoms with Crippen LogP contribution in [0.4, 0.5) is 0 Å². The summed E-state index contributed by atoms with van der Waals surface area (Å²) in [5.74, 6) is 0.0507. The second kappa shape index (κ2) is 11.1. The lowest BCUT2D eigenvalue weighted by atomic mass is 9.64. The number of esters is 1. The van der Waals surface area contributed by atoms with Crippen LogP contribution in [0, 0.1) is 23.2 Å². The molecule has 1 aliphatic carbocycles. The van der Waals surface area contributed by atoms with Gasteiger partial charge in [0.2, 0.25) is 18.6 Å². The van der Waals surface area contributed by atoms with Gasteiger partial charge in [-0.25, -0.2) is 0 Å². The van der Waals surface area contributed by atoms with Crippen molar-refractivity contribution in [3.63, 3.8) is 0 Å². The maximum absolute atomic E-state index is 14.3. The summed E-state index contributed by atoms with van der Waals surface area (Å²) in [5.41, 5.74) is 0.272. The van der Waals surface area contributed by atoms with Gasteiger partial charge in [0.1, 0.15) is 5.41 Å². The topological polar surface area (TPSA) is 103 Å². The van der Waals surface area contributed by atoms with Crippen LogP contribution in [0.3, 0.4) is 0 Å². The van der Waals surface area contributed by atoms with E-state index >= 15 is 0 Å². The summed E-state index contributed by atoms with van der Waals surface area (Å²) in [4.78, 5) is 44.0. The molecule has 1 aromatic carbocycles. The standard InChI is InChI=1S/C31H36N2O7S/c1-18(2)24-13-26-31(30(36)37-3,28(40-24)20-7-8-20)14-21(12-27(34)32-15-22-5-4-10-41-22)29(35)33(26)16-19-6-9-23-25(11-19)39-17-38-23/h4-6,9-11,13,18,20-21,24,28H,7-8,12,14-17H2,1-3H3,(H,32,34)/t21-,24+,28+,31+/m0/s1. The Bertz CT molecular complexity index is 1350. The van der Waals surface area contributed by atoms with Crippen LogP contribution in [-0.2, 0) is 36.9 Å². The summed E-state index contributed by atoms with van der Waals surface area (Å²) in [6, 6.07) is 9.49. The number of nitrogens with one attached hydrogen (secondary N) is 1. The number of benzene rings is 1. The molecule has 1 saturated carbocycles. The van der Waals surface area contributed by atoms with Gasteiger partial charge < -0.3 is 29.2 Å². The van der Waals surface area contributed by atoms with E-state index in [1.165, 1.54) is 7.11 Å². The average Bonchev–Trinajstić information content (AvgIpc) is 3.46. The van der Waals surface area contributed by atoms with E-state index in [0.29, 0.717) is 23.7 Å². The molecule has 9 nitrogen and oxygen atoms in total. The number of fused-ring (bicyclic) bond motifs is 2. The summed E-state index contributed by atoms with van der Waals surface area (Å²) in [5, 5.41) is 4.91. The second-order valence-electron chi connectivity index (χ2n) is 11.7. The number of rotatable bonds is 9. The third kappa shape index (κ3) is 5.23. The molecule has 0 radical (unpaired) electrons. The van der Waals surface area contributed by atoms with Crippen molar-refractivity contribution in [2.45, 2.75) is 64.8 Å². The number of piperidine rings is 1. The number of amides is 2. The molecule has 3 aliphatic heterocycles. The maximum atomic E-state index is 14.3. The molecule has 10 heteroatoms. The van der Waals surface area contributed by atoms with Crippen LogP contribution in [-0.4, -0.2) is 48.8 Å². The van der Waals surface area contributed by atoms with Crippen molar-refractivity contribution in [1.82, 2.24) is 10.2 Å². The highest BCUT2D eigenvalue weighted by Gasteiger charge is 2.63. The van der Waals surface area contributed by atoms with Crippen LogP contribution in [0.2, 0.25) is 0 Å². The quantitative estimate of drug-likeness (QED) is 0.439. The number of nitrogens with zero attached hydrogens (tertiary/aromatic N) is 1. The van der Waals surface area contributed by atoms with E-state index in [1.807, 2.05) is 41.8 Å². The summed E-state index contributed by atoms with van der Waals surface area (Å²) < 4.78 is 23.2. The number of carbonyl (C=O) groups is 3. The lowest BCUT2D eigenvalue weighted by Crippen LogP contribution is -2.61. The lowest BCUT2D eigenvalue weighted by molar-refractivity contribution is -0.182. The molecular formula is C31H36N2O7S. The van der Waals surface area contributed by atoms with Crippen molar-refractivity contribution in [3.05, 3.63) is 57.9 Å². The van der Waals surface area contributed by atoms with Crippen molar-refractivity contribution in [2.24, 2.45) is 23.2 Å². The number of hydrogen-bond acceptors (Lipinski definition) is 8. The van der Waals surface area contributed by atoms with Crippen molar-refractivity contribution in [3.8, 4) is 11.5 Å². The third-order valence-electron chi connectivity index (χ3n) is 8.55. The predicted octanol–water partition coefficient (Wildman–Crippen LogP) is 4.41. The van der Waals surface area contributed by atoms with E-state index in [-0.39, 0.29) is 55.9 Å². The Balaban J connectivity index is 1.38. The van der Waals surface area contributed by atoms with Crippen molar-refractivity contribution in [1.29, 1.82) is 0 Å². The lowest BCUT2D eigenvalue weighted by Gasteiger charge is -2.53. The first-order valence-electron chi connectivity index (χ1n) is 14.2. The number of thiophene rings is 1. The summed E-state index contributed by atoms with van der Waals surface area (Å²) >= 11 is 1.56. The zero-order valence-electron chi connectivity index (χ0n) is 23.6. The number of ether oxygens (including phenoxy) is 4. The smallest absolute Gasteiger partial charge is 0.320 e. The Morgan fingerprint density at radius 3 is 2.71 bits per heavy atom. The van der Waals surface area contributed by atoms with Gasteiger partial charge in [-0.2, -0.15) is 0 Å². The Morgan fingerprint density at radius 1 is 1.20 bits per heavy atom. The van der Waals surface area contributed by atoms with Gasteiger partial charge in [0.05, 0.1) is 32.4 Å². The fourth-order valence-corrected chi connectivity index (χ4v) is 6.97. The molecule has 4 atom stereocenters. The van der Waals surface area contributed by atoms with Crippen LogP contribution in [0.5, 0.6) is 11.5 Å². The highest BCUT2D eigenvalue weighted by molar-refractivity contribution is 7.09. The molecule has 2 amide bonds. The first-order valence-corrected chi connectivity index (χ1v) is 15.1. The maximum Gasteiger partial charge on any atom is 0.320 e. The first-order chi connectivity index (χ1) is 19.8.